The number of nitrogens with zero attached hydrogens (tertiary/aromatic N) is 2. The molecule has 0 bridgehead atoms. The first-order valence-electron chi connectivity index (χ1n) is 8.37. The zero-order valence-corrected chi connectivity index (χ0v) is 14.2. The van der Waals surface area contributed by atoms with Crippen molar-refractivity contribution < 1.29 is 14.3 Å². The summed E-state index contributed by atoms with van der Waals surface area (Å²) in [4.78, 5) is 27.9. The number of carbonyl (C=O) groups is 2. The summed E-state index contributed by atoms with van der Waals surface area (Å²) in [5.74, 6) is 4.81. The molecular weight excluding hydrogens is 308 g/mol. The fourth-order valence-electron chi connectivity index (χ4n) is 2.61. The Labute approximate surface area is 142 Å². The molecule has 132 valence electrons. The molecule has 1 aliphatic heterocycles. The second-order valence-corrected chi connectivity index (χ2v) is 5.83. The number of carbonyl (C=O) groups excluding carboxylic acids is 2. The Morgan fingerprint density at radius 1 is 1.25 bits per heavy atom. The summed E-state index contributed by atoms with van der Waals surface area (Å²) < 4.78 is 5.31. The number of nitrogens with one attached hydrogen (secondary N) is 1. The number of unbranched alkanes of at least 4 members (excludes halogenated alkanes) is 1. The van der Waals surface area contributed by atoms with Crippen LogP contribution in [0.15, 0.2) is 24.3 Å². The number of hydrazine groups is 1. The minimum atomic E-state index is -0.325. The molecular formula is C17H26N4O3. The quantitative estimate of drug-likeness (QED) is 0.467. The van der Waals surface area contributed by atoms with Crippen molar-refractivity contribution in [2.75, 3.05) is 32.8 Å². The van der Waals surface area contributed by atoms with Crippen molar-refractivity contribution in [1.82, 2.24) is 15.2 Å². The molecule has 1 heterocycles. The van der Waals surface area contributed by atoms with E-state index in [9.17, 15) is 9.59 Å². The van der Waals surface area contributed by atoms with Gasteiger partial charge in [0.1, 0.15) is 0 Å². The van der Waals surface area contributed by atoms with Crippen LogP contribution in [-0.2, 0) is 11.3 Å². The SMILES string of the molecule is CCCCN(Cc1ccc(C(=O)NN)cc1)C(=O)N1CCOCC1. The Kier molecular flexibility index (Phi) is 7.02. The lowest BCUT2D eigenvalue weighted by molar-refractivity contribution is 0.0425. The van der Waals surface area contributed by atoms with E-state index >= 15 is 0 Å². The summed E-state index contributed by atoms with van der Waals surface area (Å²) in [6.07, 6.45) is 1.99. The number of ether oxygens (including phenoxy) is 1. The van der Waals surface area contributed by atoms with Gasteiger partial charge in [-0.25, -0.2) is 10.6 Å². The van der Waals surface area contributed by atoms with Crippen molar-refractivity contribution in [2.45, 2.75) is 26.3 Å². The lowest BCUT2D eigenvalue weighted by atomic mass is 10.1. The Morgan fingerprint density at radius 2 is 1.92 bits per heavy atom. The van der Waals surface area contributed by atoms with Crippen molar-refractivity contribution >= 4 is 11.9 Å². The molecule has 0 radical (unpaired) electrons. The minimum Gasteiger partial charge on any atom is -0.378 e. The molecule has 1 saturated heterocycles. The lowest BCUT2D eigenvalue weighted by Crippen LogP contribution is -2.48. The highest BCUT2D eigenvalue weighted by molar-refractivity contribution is 5.93. The monoisotopic (exact) mass is 334 g/mol. The summed E-state index contributed by atoms with van der Waals surface area (Å²) in [5, 5.41) is 0. The number of urea groups is 1. The van der Waals surface area contributed by atoms with Gasteiger partial charge in [-0.3, -0.25) is 10.2 Å². The Morgan fingerprint density at radius 3 is 2.50 bits per heavy atom. The van der Waals surface area contributed by atoms with Gasteiger partial charge in [0.05, 0.1) is 13.2 Å². The molecule has 1 fully saturated rings. The number of nitrogens with two attached hydrogens (primary N) is 1. The van der Waals surface area contributed by atoms with Crippen LogP contribution >= 0.6 is 0 Å². The van der Waals surface area contributed by atoms with Crippen LogP contribution in [0.4, 0.5) is 4.79 Å². The van der Waals surface area contributed by atoms with Crippen LogP contribution < -0.4 is 11.3 Å². The van der Waals surface area contributed by atoms with E-state index in [1.54, 1.807) is 12.1 Å². The van der Waals surface area contributed by atoms with Gasteiger partial charge >= 0.3 is 6.03 Å². The Balaban J connectivity index is 2.04. The summed E-state index contributed by atoms with van der Waals surface area (Å²) in [6.45, 7) is 5.82. The van der Waals surface area contributed by atoms with Crippen molar-refractivity contribution in [2.24, 2.45) is 5.84 Å². The molecule has 0 saturated carbocycles. The average molecular weight is 334 g/mol. The van der Waals surface area contributed by atoms with Crippen LogP contribution in [0, 0.1) is 0 Å². The predicted molar refractivity (Wildman–Crippen MR) is 91.2 cm³/mol. The first-order valence-corrected chi connectivity index (χ1v) is 8.37. The van der Waals surface area contributed by atoms with E-state index in [-0.39, 0.29) is 11.9 Å². The van der Waals surface area contributed by atoms with Crippen LogP contribution in [0.25, 0.3) is 0 Å². The molecule has 3 N–H and O–H groups in total. The normalized spacial score (nSPS) is 14.3. The summed E-state index contributed by atoms with van der Waals surface area (Å²) >= 11 is 0. The molecule has 2 rings (SSSR count). The third-order valence-corrected chi connectivity index (χ3v) is 4.05. The number of benzene rings is 1. The minimum absolute atomic E-state index is 0.0514. The molecule has 0 aromatic heterocycles. The van der Waals surface area contributed by atoms with Crippen LogP contribution in [0.3, 0.4) is 0 Å². The maximum absolute atomic E-state index is 12.7. The van der Waals surface area contributed by atoms with Gasteiger partial charge in [-0.15, -0.1) is 0 Å². The third kappa shape index (κ3) is 4.94. The zero-order valence-electron chi connectivity index (χ0n) is 14.2. The molecule has 0 unspecified atom stereocenters. The van der Waals surface area contributed by atoms with Gasteiger partial charge in [-0.1, -0.05) is 25.5 Å². The van der Waals surface area contributed by atoms with E-state index in [1.807, 2.05) is 21.9 Å². The van der Waals surface area contributed by atoms with Crippen molar-refractivity contribution in [1.29, 1.82) is 0 Å². The van der Waals surface area contributed by atoms with E-state index in [0.717, 1.165) is 24.9 Å². The number of rotatable bonds is 6. The molecule has 3 amide bonds. The highest BCUT2D eigenvalue weighted by Crippen LogP contribution is 2.12. The Bertz CT molecular complexity index is 541. The van der Waals surface area contributed by atoms with E-state index in [0.29, 0.717) is 38.4 Å². The van der Waals surface area contributed by atoms with Crippen molar-refractivity contribution in [3.63, 3.8) is 0 Å². The number of hydrogen-bond donors (Lipinski definition) is 2. The summed E-state index contributed by atoms with van der Waals surface area (Å²) in [5.41, 5.74) is 3.60. The lowest BCUT2D eigenvalue weighted by Gasteiger charge is -2.33. The second-order valence-electron chi connectivity index (χ2n) is 5.83. The summed E-state index contributed by atoms with van der Waals surface area (Å²) in [6, 6.07) is 7.20. The maximum atomic E-state index is 12.7. The molecule has 7 heteroatoms. The molecule has 0 aliphatic carbocycles. The van der Waals surface area contributed by atoms with Gasteiger partial charge in [-0.05, 0) is 24.1 Å². The van der Waals surface area contributed by atoms with Crippen molar-refractivity contribution in [3.8, 4) is 0 Å². The largest absolute Gasteiger partial charge is 0.378 e. The van der Waals surface area contributed by atoms with Gasteiger partial charge < -0.3 is 14.5 Å². The average Bonchev–Trinajstić information content (AvgIpc) is 2.65. The highest BCUT2D eigenvalue weighted by Gasteiger charge is 2.22. The van der Waals surface area contributed by atoms with Crippen LogP contribution in [0.2, 0.25) is 0 Å². The standard InChI is InChI=1S/C17H26N4O3/c1-2-3-8-21(17(23)20-9-11-24-12-10-20)13-14-4-6-15(7-5-14)16(22)19-18/h4-7H,2-3,8-13,18H2,1H3,(H,19,22). The Hall–Kier alpha value is -2.12. The number of nitrogen functional groups attached to an aromatic ring is 1. The van der Waals surface area contributed by atoms with Gasteiger partial charge in [0.25, 0.3) is 5.91 Å². The first kappa shape index (κ1) is 18.2. The fourth-order valence-corrected chi connectivity index (χ4v) is 2.61. The smallest absolute Gasteiger partial charge is 0.320 e. The maximum Gasteiger partial charge on any atom is 0.320 e. The molecule has 7 nitrogen and oxygen atoms in total. The molecule has 1 aliphatic rings. The molecule has 1 aromatic rings. The molecule has 1 aromatic carbocycles. The number of amides is 3. The van der Waals surface area contributed by atoms with Gasteiger partial charge in [0, 0.05) is 31.7 Å². The van der Waals surface area contributed by atoms with Crippen LogP contribution in [-0.4, -0.2) is 54.6 Å². The van der Waals surface area contributed by atoms with Crippen LogP contribution in [0.1, 0.15) is 35.7 Å². The second kappa shape index (κ2) is 9.24. The first-order chi connectivity index (χ1) is 11.7. The van der Waals surface area contributed by atoms with Gasteiger partial charge in [0.2, 0.25) is 0 Å². The van der Waals surface area contributed by atoms with E-state index < -0.39 is 0 Å². The van der Waals surface area contributed by atoms with E-state index in [1.165, 1.54) is 0 Å². The van der Waals surface area contributed by atoms with E-state index in [2.05, 4.69) is 12.3 Å². The van der Waals surface area contributed by atoms with E-state index in [4.69, 9.17) is 10.6 Å². The van der Waals surface area contributed by atoms with Gasteiger partial charge in [0.15, 0.2) is 0 Å². The molecule has 24 heavy (non-hydrogen) atoms. The summed E-state index contributed by atoms with van der Waals surface area (Å²) in [7, 11) is 0. The van der Waals surface area contributed by atoms with Crippen molar-refractivity contribution in [3.05, 3.63) is 35.4 Å². The van der Waals surface area contributed by atoms with Crippen LogP contribution in [0.5, 0.6) is 0 Å². The van der Waals surface area contributed by atoms with Gasteiger partial charge in [-0.2, -0.15) is 0 Å². The molecule has 0 spiro atoms. The number of hydrogen-bond acceptors (Lipinski definition) is 4. The predicted octanol–water partition coefficient (Wildman–Crippen LogP) is 1.34. The topological polar surface area (TPSA) is 87.9 Å². The highest BCUT2D eigenvalue weighted by atomic mass is 16.5. The number of morpholine rings is 1. The molecule has 0 atom stereocenters. The zero-order chi connectivity index (χ0) is 17.4. The third-order valence-electron chi connectivity index (χ3n) is 4.05. The fraction of sp³-hybridized carbons (Fsp3) is 0.529.